The Kier molecular flexibility index (Phi) is 5.95. The van der Waals surface area contributed by atoms with E-state index in [1.165, 1.54) is 0 Å². The first kappa shape index (κ1) is 16.5. The van der Waals surface area contributed by atoms with Crippen molar-refractivity contribution in [2.24, 2.45) is 0 Å². The monoisotopic (exact) mass is 305 g/mol. The summed E-state index contributed by atoms with van der Waals surface area (Å²) in [6.07, 6.45) is 1.15. The molecule has 1 fully saturated rings. The van der Waals surface area contributed by atoms with E-state index in [-0.39, 0.29) is 24.4 Å². The first-order valence-electron chi connectivity index (χ1n) is 7.72. The van der Waals surface area contributed by atoms with Crippen LogP contribution in [0.2, 0.25) is 0 Å². The lowest BCUT2D eigenvalue weighted by molar-refractivity contribution is -0.148. The summed E-state index contributed by atoms with van der Waals surface area (Å²) in [7, 11) is 0. The standard InChI is InChI=1S/C17H23NO4/c1-12(2)22-16(19)11-14(13-7-4-3-5-8-13)18-17(20)15-9-6-10-21-15/h3-5,7-8,12,14-15H,6,9-11H2,1-2H3,(H,18,20). The Morgan fingerprint density at radius 1 is 1.32 bits per heavy atom. The number of hydrogen-bond acceptors (Lipinski definition) is 4. The lowest BCUT2D eigenvalue weighted by Crippen LogP contribution is -2.38. The molecule has 0 aromatic heterocycles. The third-order valence-corrected chi connectivity index (χ3v) is 3.48. The smallest absolute Gasteiger partial charge is 0.308 e. The van der Waals surface area contributed by atoms with Crippen LogP contribution in [0.4, 0.5) is 0 Å². The molecule has 0 bridgehead atoms. The maximum atomic E-state index is 12.2. The predicted molar refractivity (Wildman–Crippen MR) is 82.1 cm³/mol. The molecule has 1 aromatic carbocycles. The minimum absolute atomic E-state index is 0.112. The minimum Gasteiger partial charge on any atom is -0.463 e. The van der Waals surface area contributed by atoms with Gasteiger partial charge in [0.2, 0.25) is 5.91 Å². The molecular weight excluding hydrogens is 282 g/mol. The lowest BCUT2D eigenvalue weighted by atomic mass is 10.0. The molecule has 1 N–H and O–H groups in total. The average molecular weight is 305 g/mol. The van der Waals surface area contributed by atoms with Crippen molar-refractivity contribution in [1.29, 1.82) is 0 Å². The molecule has 2 atom stereocenters. The molecule has 2 unspecified atom stereocenters. The summed E-state index contributed by atoms with van der Waals surface area (Å²) in [5.74, 6) is -0.486. The molecule has 1 aliphatic rings. The van der Waals surface area contributed by atoms with Gasteiger partial charge in [-0.3, -0.25) is 9.59 Å². The van der Waals surface area contributed by atoms with Crippen molar-refractivity contribution < 1.29 is 19.1 Å². The highest BCUT2D eigenvalue weighted by Gasteiger charge is 2.27. The first-order chi connectivity index (χ1) is 10.6. The number of carbonyl (C=O) groups is 2. The van der Waals surface area contributed by atoms with Crippen LogP contribution in [0.3, 0.4) is 0 Å². The van der Waals surface area contributed by atoms with Crippen LogP contribution in [-0.4, -0.2) is 30.7 Å². The molecular formula is C17H23NO4. The second kappa shape index (κ2) is 7.94. The fourth-order valence-corrected chi connectivity index (χ4v) is 2.46. The van der Waals surface area contributed by atoms with E-state index in [1.807, 2.05) is 30.3 Å². The molecule has 120 valence electrons. The summed E-state index contributed by atoms with van der Waals surface area (Å²) >= 11 is 0. The van der Waals surface area contributed by atoms with E-state index in [2.05, 4.69) is 5.32 Å². The Balaban J connectivity index is 2.04. The number of esters is 1. The van der Waals surface area contributed by atoms with Crippen molar-refractivity contribution in [3.63, 3.8) is 0 Å². The van der Waals surface area contributed by atoms with Crippen molar-refractivity contribution in [3.8, 4) is 0 Å². The zero-order valence-corrected chi connectivity index (χ0v) is 13.1. The van der Waals surface area contributed by atoms with Crippen LogP contribution in [-0.2, 0) is 19.1 Å². The number of nitrogens with one attached hydrogen (secondary N) is 1. The number of hydrogen-bond donors (Lipinski definition) is 1. The highest BCUT2D eigenvalue weighted by Crippen LogP contribution is 2.20. The highest BCUT2D eigenvalue weighted by atomic mass is 16.5. The summed E-state index contributed by atoms with van der Waals surface area (Å²) < 4.78 is 10.6. The molecule has 0 spiro atoms. The van der Waals surface area contributed by atoms with E-state index in [4.69, 9.17) is 9.47 Å². The number of carbonyl (C=O) groups excluding carboxylic acids is 2. The van der Waals surface area contributed by atoms with Crippen molar-refractivity contribution in [2.75, 3.05) is 6.61 Å². The normalized spacial score (nSPS) is 19.0. The number of ether oxygens (including phenoxy) is 2. The number of rotatable bonds is 6. The van der Waals surface area contributed by atoms with Crippen LogP contribution < -0.4 is 5.32 Å². The summed E-state index contributed by atoms with van der Waals surface area (Å²) in [4.78, 5) is 24.2. The molecule has 0 radical (unpaired) electrons. The van der Waals surface area contributed by atoms with E-state index >= 15 is 0 Å². The molecule has 0 aliphatic carbocycles. The van der Waals surface area contributed by atoms with E-state index < -0.39 is 12.1 Å². The summed E-state index contributed by atoms with van der Waals surface area (Å²) in [5.41, 5.74) is 0.884. The summed E-state index contributed by atoms with van der Waals surface area (Å²) in [5, 5.41) is 2.91. The predicted octanol–water partition coefficient (Wildman–Crippen LogP) is 2.36. The summed E-state index contributed by atoms with van der Waals surface area (Å²) in [6.45, 7) is 4.23. The van der Waals surface area contributed by atoms with E-state index in [0.717, 1.165) is 18.4 Å². The van der Waals surface area contributed by atoms with Gasteiger partial charge in [-0.2, -0.15) is 0 Å². The van der Waals surface area contributed by atoms with Crippen LogP contribution in [0.1, 0.15) is 44.7 Å². The molecule has 1 heterocycles. The van der Waals surface area contributed by atoms with Gasteiger partial charge in [-0.05, 0) is 32.3 Å². The summed E-state index contributed by atoms with van der Waals surface area (Å²) in [6, 6.07) is 9.05. The van der Waals surface area contributed by atoms with Crippen LogP contribution in [0.5, 0.6) is 0 Å². The fourth-order valence-electron chi connectivity index (χ4n) is 2.46. The van der Waals surface area contributed by atoms with Gasteiger partial charge in [-0.1, -0.05) is 30.3 Å². The second-order valence-corrected chi connectivity index (χ2v) is 5.72. The van der Waals surface area contributed by atoms with Gasteiger partial charge in [0.1, 0.15) is 6.10 Å². The third kappa shape index (κ3) is 4.84. The second-order valence-electron chi connectivity index (χ2n) is 5.72. The zero-order chi connectivity index (χ0) is 15.9. The first-order valence-corrected chi connectivity index (χ1v) is 7.72. The Labute approximate surface area is 131 Å². The van der Waals surface area contributed by atoms with Gasteiger partial charge < -0.3 is 14.8 Å². The largest absolute Gasteiger partial charge is 0.463 e. The maximum absolute atomic E-state index is 12.2. The van der Waals surface area contributed by atoms with Gasteiger partial charge in [0.15, 0.2) is 0 Å². The van der Waals surface area contributed by atoms with Gasteiger partial charge in [0.25, 0.3) is 0 Å². The van der Waals surface area contributed by atoms with E-state index in [1.54, 1.807) is 13.8 Å². The molecule has 1 aliphatic heterocycles. The van der Waals surface area contributed by atoms with Gasteiger partial charge in [0.05, 0.1) is 18.6 Å². The topological polar surface area (TPSA) is 64.6 Å². The van der Waals surface area contributed by atoms with Crippen molar-refractivity contribution in [2.45, 2.75) is 51.4 Å². The molecule has 0 saturated carbocycles. The maximum Gasteiger partial charge on any atom is 0.308 e. The van der Waals surface area contributed by atoms with Crippen molar-refractivity contribution >= 4 is 11.9 Å². The van der Waals surface area contributed by atoms with Crippen molar-refractivity contribution in [1.82, 2.24) is 5.32 Å². The Bertz CT molecular complexity index is 495. The molecule has 1 amide bonds. The molecule has 1 aromatic rings. The minimum atomic E-state index is -0.410. The van der Waals surface area contributed by atoms with Crippen LogP contribution in [0.25, 0.3) is 0 Å². The third-order valence-electron chi connectivity index (χ3n) is 3.48. The number of amides is 1. The SMILES string of the molecule is CC(C)OC(=O)CC(NC(=O)C1CCCO1)c1ccccc1. The van der Waals surface area contributed by atoms with Gasteiger partial charge >= 0.3 is 5.97 Å². The average Bonchev–Trinajstić information content (AvgIpc) is 3.01. The van der Waals surface area contributed by atoms with Crippen LogP contribution in [0.15, 0.2) is 30.3 Å². The van der Waals surface area contributed by atoms with Gasteiger partial charge in [-0.25, -0.2) is 0 Å². The molecule has 5 nitrogen and oxygen atoms in total. The Morgan fingerprint density at radius 3 is 2.64 bits per heavy atom. The van der Waals surface area contributed by atoms with Gasteiger partial charge in [-0.15, -0.1) is 0 Å². The molecule has 5 heteroatoms. The fraction of sp³-hybridized carbons (Fsp3) is 0.529. The van der Waals surface area contributed by atoms with Crippen LogP contribution >= 0.6 is 0 Å². The molecule has 22 heavy (non-hydrogen) atoms. The van der Waals surface area contributed by atoms with Gasteiger partial charge in [0, 0.05) is 6.61 Å². The zero-order valence-electron chi connectivity index (χ0n) is 13.1. The quantitative estimate of drug-likeness (QED) is 0.820. The lowest BCUT2D eigenvalue weighted by Gasteiger charge is -2.21. The van der Waals surface area contributed by atoms with E-state index in [0.29, 0.717) is 6.61 Å². The number of benzene rings is 1. The Morgan fingerprint density at radius 2 is 2.05 bits per heavy atom. The molecule has 1 saturated heterocycles. The Hall–Kier alpha value is -1.88. The highest BCUT2D eigenvalue weighted by molar-refractivity contribution is 5.82. The van der Waals surface area contributed by atoms with E-state index in [9.17, 15) is 9.59 Å². The van der Waals surface area contributed by atoms with Crippen LogP contribution in [0, 0.1) is 0 Å². The molecule has 2 rings (SSSR count). The van der Waals surface area contributed by atoms with Crippen molar-refractivity contribution in [3.05, 3.63) is 35.9 Å².